The van der Waals surface area contributed by atoms with Gasteiger partial charge in [-0.3, -0.25) is 0 Å². The maximum absolute atomic E-state index is 6.10. The summed E-state index contributed by atoms with van der Waals surface area (Å²) in [6, 6.07) is 3.59. The van der Waals surface area contributed by atoms with E-state index in [0.717, 1.165) is 22.8 Å². The molecule has 5 nitrogen and oxygen atoms in total. The van der Waals surface area contributed by atoms with Crippen LogP contribution >= 0.6 is 35.5 Å². The van der Waals surface area contributed by atoms with Crippen molar-refractivity contribution in [3.63, 3.8) is 0 Å². The number of anilines is 1. The molecule has 90 valence electrons. The average molecular weight is 288 g/mol. The molecule has 4 N–H and O–H groups in total. The van der Waals surface area contributed by atoms with Crippen molar-refractivity contribution in [3.05, 3.63) is 17.2 Å². The fraction of sp³-hybridized carbons (Fsp3) is 0.222. The first-order chi connectivity index (χ1) is 8.22. The number of aromatic nitrogens is 2. The molecule has 0 aliphatic heterocycles. The van der Waals surface area contributed by atoms with E-state index in [4.69, 9.17) is 29.6 Å². The Morgan fingerprint density at radius 2 is 2.29 bits per heavy atom. The van der Waals surface area contributed by atoms with Crippen LogP contribution in [0.2, 0.25) is 5.02 Å². The third-order valence-corrected chi connectivity index (χ3v) is 3.15. The zero-order valence-electron chi connectivity index (χ0n) is 8.74. The van der Waals surface area contributed by atoms with Gasteiger partial charge in [0.25, 0.3) is 0 Å². The van der Waals surface area contributed by atoms with Crippen molar-refractivity contribution in [2.75, 3.05) is 18.4 Å². The van der Waals surface area contributed by atoms with E-state index in [0.29, 0.717) is 28.9 Å². The van der Waals surface area contributed by atoms with Crippen LogP contribution in [0.1, 0.15) is 0 Å². The Hall–Kier alpha value is -1.02. The molecule has 0 aliphatic carbocycles. The molecule has 1 heterocycles. The first kappa shape index (κ1) is 12.4. The molecule has 0 saturated carbocycles. The molecular weight excluding hydrogens is 278 g/mol. The third kappa shape index (κ3) is 2.81. The highest BCUT2D eigenvalue weighted by Gasteiger charge is 2.10. The number of thiocarbonyl (C=S) groups is 1. The van der Waals surface area contributed by atoms with Gasteiger partial charge in [0, 0.05) is 13.1 Å². The van der Waals surface area contributed by atoms with Gasteiger partial charge in [-0.2, -0.15) is 8.75 Å². The lowest BCUT2D eigenvalue weighted by molar-refractivity contribution is 0.883. The Bertz CT molecular complexity index is 541. The molecule has 8 heteroatoms. The zero-order chi connectivity index (χ0) is 12.3. The van der Waals surface area contributed by atoms with Crippen molar-refractivity contribution >= 4 is 57.4 Å². The minimum atomic E-state index is 0.470. The smallest absolute Gasteiger partial charge is 0.170 e. The van der Waals surface area contributed by atoms with Gasteiger partial charge in [-0.05, 0) is 24.4 Å². The highest BCUT2D eigenvalue weighted by Crippen LogP contribution is 2.29. The molecule has 0 bridgehead atoms. The summed E-state index contributed by atoms with van der Waals surface area (Å²) in [5.41, 5.74) is 7.57. The largest absolute Gasteiger partial charge is 0.361 e. The number of hydrogen-bond donors (Lipinski definition) is 3. The van der Waals surface area contributed by atoms with E-state index in [1.54, 1.807) is 6.07 Å². The maximum Gasteiger partial charge on any atom is 0.170 e. The van der Waals surface area contributed by atoms with Crippen LogP contribution in [0.25, 0.3) is 11.0 Å². The first-order valence-corrected chi connectivity index (χ1v) is 6.39. The zero-order valence-corrected chi connectivity index (χ0v) is 11.1. The number of fused-ring (bicyclic) bond motifs is 1. The van der Waals surface area contributed by atoms with Crippen molar-refractivity contribution < 1.29 is 0 Å². The van der Waals surface area contributed by atoms with Gasteiger partial charge in [-0.25, -0.2) is 0 Å². The summed E-state index contributed by atoms with van der Waals surface area (Å²) in [6.07, 6.45) is 0. The fourth-order valence-electron chi connectivity index (χ4n) is 1.29. The number of rotatable bonds is 3. The molecule has 2 aromatic rings. The van der Waals surface area contributed by atoms with Crippen LogP contribution in [0.15, 0.2) is 12.1 Å². The molecule has 0 fully saturated rings. The minimum absolute atomic E-state index is 0.470. The molecule has 0 atom stereocenters. The number of benzene rings is 1. The Labute approximate surface area is 113 Å². The quantitative estimate of drug-likeness (QED) is 0.745. The molecule has 0 aliphatic rings. The summed E-state index contributed by atoms with van der Waals surface area (Å²) in [4.78, 5) is 0. The van der Waals surface area contributed by atoms with Gasteiger partial charge >= 0.3 is 0 Å². The highest BCUT2D eigenvalue weighted by molar-refractivity contribution is 7.80. The second-order valence-corrected chi connectivity index (χ2v) is 4.57. The number of halogens is 1. The van der Waals surface area contributed by atoms with Crippen LogP contribution in [-0.2, 0) is 0 Å². The summed E-state index contributed by atoms with van der Waals surface area (Å²) in [6.45, 7) is 1.12. The Kier molecular flexibility index (Phi) is 4.06. The van der Waals surface area contributed by atoms with Crippen molar-refractivity contribution in [3.8, 4) is 0 Å². The summed E-state index contributed by atoms with van der Waals surface area (Å²) in [5, 5.41) is 7.00. The summed E-state index contributed by atoms with van der Waals surface area (Å²) in [7, 11) is 0. The highest BCUT2D eigenvalue weighted by atomic mass is 35.5. The Balaban J connectivity index is 2.25. The van der Waals surface area contributed by atoms with Crippen molar-refractivity contribution in [2.45, 2.75) is 0 Å². The topological polar surface area (TPSA) is 75.9 Å². The lowest BCUT2D eigenvalue weighted by atomic mass is 10.2. The normalized spacial score (nSPS) is 10.5. The minimum Gasteiger partial charge on any atom is -0.361 e. The van der Waals surface area contributed by atoms with E-state index < -0.39 is 0 Å². The van der Waals surface area contributed by atoms with Gasteiger partial charge in [0.1, 0.15) is 11.0 Å². The standard InChI is InChI=1S/C9H10ClN5S2/c10-5-1-2-6-8(15-17-14-6)7(5)13-9(16)12-4-3-11/h1-2H,3-4,11H2,(H2,12,13,16). The molecule has 2 rings (SSSR count). The van der Waals surface area contributed by atoms with E-state index in [2.05, 4.69) is 19.4 Å². The number of nitrogens with two attached hydrogens (primary N) is 1. The van der Waals surface area contributed by atoms with Crippen molar-refractivity contribution in [1.82, 2.24) is 14.1 Å². The van der Waals surface area contributed by atoms with Gasteiger partial charge in [0.15, 0.2) is 5.11 Å². The predicted molar refractivity (Wildman–Crippen MR) is 75.7 cm³/mol. The van der Waals surface area contributed by atoms with Crippen LogP contribution in [0.5, 0.6) is 0 Å². The number of hydrogen-bond acceptors (Lipinski definition) is 5. The molecular formula is C9H10ClN5S2. The first-order valence-electron chi connectivity index (χ1n) is 4.88. The van der Waals surface area contributed by atoms with Crippen LogP contribution < -0.4 is 16.4 Å². The third-order valence-electron chi connectivity index (χ3n) is 2.05. The summed E-state index contributed by atoms with van der Waals surface area (Å²) < 4.78 is 8.32. The Morgan fingerprint density at radius 1 is 1.47 bits per heavy atom. The van der Waals surface area contributed by atoms with Crippen molar-refractivity contribution in [1.29, 1.82) is 0 Å². The van der Waals surface area contributed by atoms with E-state index in [1.807, 2.05) is 6.07 Å². The van der Waals surface area contributed by atoms with Gasteiger partial charge in [0.05, 0.1) is 22.4 Å². The molecule has 1 aromatic heterocycles. The van der Waals surface area contributed by atoms with Crippen LogP contribution in [0.4, 0.5) is 5.69 Å². The van der Waals surface area contributed by atoms with Crippen molar-refractivity contribution in [2.24, 2.45) is 5.73 Å². The Morgan fingerprint density at radius 3 is 3.06 bits per heavy atom. The predicted octanol–water partition coefficient (Wildman–Crippen LogP) is 1.59. The summed E-state index contributed by atoms with van der Waals surface area (Å²) in [5.74, 6) is 0. The monoisotopic (exact) mass is 287 g/mol. The van der Waals surface area contributed by atoms with Gasteiger partial charge in [-0.1, -0.05) is 11.6 Å². The second-order valence-electron chi connectivity index (χ2n) is 3.22. The summed E-state index contributed by atoms with van der Waals surface area (Å²) >= 11 is 12.4. The number of nitrogens with one attached hydrogen (secondary N) is 2. The van der Waals surface area contributed by atoms with Crippen LogP contribution in [0, 0.1) is 0 Å². The second kappa shape index (κ2) is 5.54. The van der Waals surface area contributed by atoms with E-state index in [1.165, 1.54) is 0 Å². The molecule has 1 aromatic carbocycles. The maximum atomic E-state index is 6.10. The van der Waals surface area contributed by atoms with Gasteiger partial charge in [-0.15, -0.1) is 0 Å². The average Bonchev–Trinajstić information content (AvgIpc) is 2.78. The van der Waals surface area contributed by atoms with E-state index >= 15 is 0 Å². The van der Waals surface area contributed by atoms with Gasteiger partial charge < -0.3 is 16.4 Å². The lowest BCUT2D eigenvalue weighted by Crippen LogP contribution is -2.32. The molecule has 0 spiro atoms. The van der Waals surface area contributed by atoms with Gasteiger partial charge in [0.2, 0.25) is 0 Å². The number of nitrogens with zero attached hydrogens (tertiary/aromatic N) is 2. The molecule has 0 unspecified atom stereocenters. The fourth-order valence-corrected chi connectivity index (χ4v) is 2.24. The molecule has 0 amide bonds. The lowest BCUT2D eigenvalue weighted by Gasteiger charge is -2.11. The molecule has 0 radical (unpaired) electrons. The molecule has 17 heavy (non-hydrogen) atoms. The SMILES string of the molecule is NCCNC(=S)Nc1c(Cl)ccc2nsnc12. The van der Waals surface area contributed by atoms with Crippen LogP contribution in [0.3, 0.4) is 0 Å². The van der Waals surface area contributed by atoms with E-state index in [-0.39, 0.29) is 0 Å². The molecule has 0 saturated heterocycles. The van der Waals surface area contributed by atoms with E-state index in [9.17, 15) is 0 Å². The van der Waals surface area contributed by atoms with Crippen LogP contribution in [-0.4, -0.2) is 26.9 Å².